The number of hydrogen-bond acceptors (Lipinski definition) is 56. The highest BCUT2D eigenvalue weighted by Crippen LogP contribution is 2.41. The van der Waals surface area contributed by atoms with Crippen molar-refractivity contribution in [3.8, 4) is 0 Å². The minimum absolute atomic E-state index is 0.335. The lowest BCUT2D eigenvalue weighted by atomic mass is 9.95. The summed E-state index contributed by atoms with van der Waals surface area (Å²) in [7, 11) is -46.0. The van der Waals surface area contributed by atoms with Crippen molar-refractivity contribution in [2.24, 2.45) is 0 Å². The van der Waals surface area contributed by atoms with Crippen LogP contribution in [-0.2, 0) is 206 Å². The van der Waals surface area contributed by atoms with Gasteiger partial charge in [0, 0.05) is 55.0 Å². The first-order chi connectivity index (χ1) is 45.8. The number of carboxylic acids is 2. The van der Waals surface area contributed by atoms with Gasteiger partial charge in [-0.05, 0) is 0 Å². The number of aliphatic hydroxyl groups excluding tert-OH is 1. The van der Waals surface area contributed by atoms with E-state index in [0.717, 1.165) is 14.2 Å². The fourth-order valence-corrected chi connectivity index (χ4v) is 13.4. The van der Waals surface area contributed by atoms with Crippen LogP contribution < -0.4 is 15.5 Å². The monoisotopic (exact) mass is 1650 g/mol. The molecule has 4 aliphatic heterocycles. The molecule has 4 heterocycles. The van der Waals surface area contributed by atoms with E-state index in [1.807, 2.05) is 0 Å². The van der Waals surface area contributed by atoms with Crippen LogP contribution in [0, 0.1) is 0 Å². The highest BCUT2D eigenvalue weighted by Gasteiger charge is 2.60. The number of carbonyl (C=O) groups excluding carboxylic acids is 2. The Morgan fingerprint density at radius 2 is 0.820 bits per heavy atom. The van der Waals surface area contributed by atoms with Crippen LogP contribution in [0.15, 0.2) is 0 Å². The van der Waals surface area contributed by atoms with E-state index >= 15 is 0 Å². The predicted octanol–water partition coefficient (Wildman–Crippen LogP) is -14.8. The summed E-state index contributed by atoms with van der Waals surface area (Å²) in [6.07, 6.45) is -69.9. The Bertz CT molecular complexity index is 3600. The first-order valence-electron chi connectivity index (χ1n) is 25.6. The van der Waals surface area contributed by atoms with Gasteiger partial charge in [-0.15, -0.1) is 4.33 Å². The van der Waals surface area contributed by atoms with Gasteiger partial charge in [0.05, 0.1) is 31.9 Å². The van der Waals surface area contributed by atoms with Gasteiger partial charge in [0.15, 0.2) is 74.3 Å². The molecule has 590 valence electrons. The lowest BCUT2D eigenvalue weighted by molar-refractivity contribution is -0.777. The van der Waals surface area contributed by atoms with Crippen LogP contribution in [0.25, 0.3) is 0 Å². The topological polar surface area (TPSA) is 812 Å². The molecule has 100 heavy (non-hydrogen) atoms. The van der Waals surface area contributed by atoms with Gasteiger partial charge in [-0.3, -0.25) is 42.7 Å². The number of carboxylic acid groups (broad SMARTS) is 2. The normalized spacial score (nSPS) is 32.9. The van der Waals surface area contributed by atoms with Crippen LogP contribution in [0.2, 0.25) is 0 Å². The second-order valence-corrected chi connectivity index (χ2v) is 27.9. The molecule has 0 aromatic carbocycles. The standard InChI is InChI=1S/C36H62O55S9/c1-67-16(26(86-97(55,56)57)32(41)80-18-13(9-74-94(46,47)48)77-33(72-6)28(21(18)70-4)87-98(58,59)60)11(7-15(37)38)76-35-30(89-100(64,65)66)24(85-96(52,53)54)19(14(79-35)10-75-95(49,50)51)81-34-27(84-92-91-90-42)22(71-5)23(25(83-34)31(39)40)82-36-29(88-99(61,62)63)20(69-3)17(68-2)12(78-36)8-73-93(43,44)45/h11-14,16-30,32-36,41-42H,7-10H2,1-6H3,(H,37,38)(H,39,40)(H,43,44,45)(H,46,47,48)(H,49,50,51)(H,52,53,54)(H,55,56,57)(H,58,59,60)(H,61,62,63)(H,64,65,66)/p-11/t11-,12+,13+,14?,16+,17+,18+,19-,20?,21?,22?,23-,24-,25-,26?,27?,28?,29?,30?,32-,33-,34-,35+,36+/m0/s1. The van der Waals surface area contributed by atoms with Crippen LogP contribution in [0.4, 0.5) is 0 Å². The van der Waals surface area contributed by atoms with E-state index in [1.165, 1.54) is 0 Å². The Labute approximate surface area is 568 Å². The van der Waals surface area contributed by atoms with E-state index in [9.17, 15) is 134 Å². The number of ether oxygens (including phenoxy) is 14. The Hall–Kier alpha value is -2.51. The molecule has 0 aromatic heterocycles. The molecular weight excluding hydrogens is 1600 g/mol. The van der Waals surface area contributed by atoms with Crippen molar-refractivity contribution < 1.29 is 247 Å². The predicted molar refractivity (Wildman–Crippen MR) is 270 cm³/mol. The molecule has 0 saturated carbocycles. The highest BCUT2D eigenvalue weighted by molar-refractivity contribution is 7.89. The minimum Gasteiger partial charge on any atom is -0.726 e. The maximum atomic E-state index is 13.2. The largest absolute Gasteiger partial charge is 0.726 e. The maximum absolute atomic E-state index is 13.2. The summed E-state index contributed by atoms with van der Waals surface area (Å²) >= 11 is -0.681. The third-order valence-electron chi connectivity index (χ3n) is 13.1. The van der Waals surface area contributed by atoms with Crippen LogP contribution >= 0.6 is 12.3 Å². The third-order valence-corrected chi connectivity index (χ3v) is 17.1. The van der Waals surface area contributed by atoms with Gasteiger partial charge in [-0.1, -0.05) is 0 Å². The second kappa shape index (κ2) is 37.3. The van der Waals surface area contributed by atoms with Crippen molar-refractivity contribution in [1.82, 2.24) is 0 Å². The van der Waals surface area contributed by atoms with Gasteiger partial charge in [-0.2, -0.15) is 0 Å². The Morgan fingerprint density at radius 3 is 1.23 bits per heavy atom. The van der Waals surface area contributed by atoms with Crippen molar-refractivity contribution in [2.45, 2.75) is 154 Å². The number of methoxy groups -OCH3 is 6. The third kappa shape index (κ3) is 28.3. The van der Waals surface area contributed by atoms with Crippen molar-refractivity contribution >= 4 is 107 Å². The van der Waals surface area contributed by atoms with Gasteiger partial charge in [0.2, 0.25) is 83.2 Å². The van der Waals surface area contributed by atoms with Crippen molar-refractivity contribution in [3.05, 3.63) is 0 Å². The number of aliphatic hydroxyl groups is 1. The van der Waals surface area contributed by atoms with Crippen LogP contribution in [0.5, 0.6) is 0 Å². The summed E-state index contributed by atoms with van der Waals surface area (Å²) in [4.78, 5) is 25.7. The molecule has 55 nitrogen and oxygen atoms in total. The van der Waals surface area contributed by atoms with E-state index in [0.29, 0.717) is 28.4 Å². The van der Waals surface area contributed by atoms with Crippen molar-refractivity contribution in [1.29, 1.82) is 0 Å². The minimum atomic E-state index is -6.74. The molecule has 4 aliphatic rings. The van der Waals surface area contributed by atoms with E-state index in [4.69, 9.17) is 70.5 Å². The molecule has 4 fully saturated rings. The summed E-state index contributed by atoms with van der Waals surface area (Å²) in [6.45, 7) is -5.20. The molecule has 4 rings (SSSR count). The van der Waals surface area contributed by atoms with Gasteiger partial charge in [-0.25, -0.2) is 67.3 Å². The van der Waals surface area contributed by atoms with E-state index in [1.54, 1.807) is 0 Å². The molecule has 0 aliphatic carbocycles. The zero-order chi connectivity index (χ0) is 76.2. The Balaban J connectivity index is 1.99. The summed E-state index contributed by atoms with van der Waals surface area (Å²) in [6, 6.07) is 0. The summed E-state index contributed by atoms with van der Waals surface area (Å²) in [5, 5.41) is 51.5. The maximum Gasteiger partial charge on any atom is 0.218 e. The lowest BCUT2D eigenvalue weighted by Crippen LogP contribution is -2.69. The van der Waals surface area contributed by atoms with Gasteiger partial charge in [0.25, 0.3) is 0 Å². The van der Waals surface area contributed by atoms with Crippen LogP contribution in [0.1, 0.15) is 6.42 Å². The molecule has 0 bridgehead atoms. The molecule has 0 radical (unpaired) electrons. The fourth-order valence-electron chi connectivity index (χ4n) is 9.74. The summed E-state index contributed by atoms with van der Waals surface area (Å²) in [5.41, 5.74) is 0. The number of carbonyl (C=O) groups is 2. The SMILES string of the molecule is COC1C(OSOO[O-])[C@@H](O[C@H]2C(COS(=O)(=O)[O-])O[C@@H](O[C@@H](CC(=O)[O-])[C@@H](OC)C(OS(=O)(=O)[O-])[C@@H](O)O[C@H]3C(OC)C(OS(=O)(=O)[O-])[C@@H](OC)O[C@@H]3COS(=O)(=O)[O-])C(OS(=O)(=O)[O-])[C@H]2OS(=O)(=O)[O-])O[C@H](C(=O)[O-])[C@H]1O[C@H]1O[C@H](COS(=O)(=O)[O-])[C@@H](OC)C(OC)C1OS(=O)(=O)[O-]. The van der Waals surface area contributed by atoms with E-state index in [-0.39, 0.29) is 0 Å². The molecule has 1 N–H and O–H groups in total. The van der Waals surface area contributed by atoms with Gasteiger partial charge < -0.3 is 133 Å². The lowest BCUT2D eigenvalue weighted by Gasteiger charge is -2.51. The summed E-state index contributed by atoms with van der Waals surface area (Å²) < 4.78 is 409. The Kier molecular flexibility index (Phi) is 33.6. The smallest absolute Gasteiger partial charge is 0.218 e. The van der Waals surface area contributed by atoms with Crippen molar-refractivity contribution in [3.63, 3.8) is 0 Å². The average Bonchev–Trinajstić information content (AvgIpc) is 0.762. The highest BCUT2D eigenvalue weighted by atomic mass is 32.3. The molecule has 64 heteroatoms. The van der Waals surface area contributed by atoms with Crippen LogP contribution in [0.3, 0.4) is 0 Å². The van der Waals surface area contributed by atoms with Gasteiger partial charge >= 0.3 is 0 Å². The van der Waals surface area contributed by atoms with E-state index < -0.39 is 281 Å². The van der Waals surface area contributed by atoms with E-state index in [2.05, 4.69) is 42.8 Å². The van der Waals surface area contributed by atoms with Gasteiger partial charge in [0.1, 0.15) is 79.4 Å². The first-order valence-corrected chi connectivity index (χ1v) is 36.9. The van der Waals surface area contributed by atoms with Crippen LogP contribution in [-0.4, -0.2) is 331 Å². The number of rotatable bonds is 43. The molecular formula is C36H51O55S9-11. The Morgan fingerprint density at radius 1 is 0.430 bits per heavy atom. The second-order valence-electron chi connectivity index (χ2n) is 19.2. The zero-order valence-corrected chi connectivity index (χ0v) is 57.2. The molecule has 0 amide bonds. The number of aliphatic carboxylic acids is 2. The van der Waals surface area contributed by atoms with Crippen molar-refractivity contribution in [2.75, 3.05) is 62.5 Å². The molecule has 0 aromatic rings. The fraction of sp³-hybridized carbons (Fsp3) is 0.944. The molecule has 24 atom stereocenters. The molecule has 9 unspecified atom stereocenters. The molecule has 4 saturated heterocycles. The summed E-state index contributed by atoms with van der Waals surface area (Å²) in [5.74, 6) is -5.16. The zero-order valence-electron chi connectivity index (χ0n) is 49.9. The quantitative estimate of drug-likeness (QED) is 0.0113. The first kappa shape index (κ1) is 89.9. The number of hydrogen-bond donors (Lipinski definition) is 1. The molecule has 0 spiro atoms. The average molecular weight is 1650 g/mol.